The van der Waals surface area contributed by atoms with E-state index in [1.165, 1.54) is 43.4 Å². The van der Waals surface area contributed by atoms with Crippen LogP contribution in [-0.4, -0.2) is 19.5 Å². The lowest BCUT2D eigenvalue weighted by molar-refractivity contribution is 0.669. The number of aromatic nitrogens is 4. The summed E-state index contributed by atoms with van der Waals surface area (Å²) in [5, 5.41) is 9.32. The molecule has 0 amide bonds. The first-order valence-corrected chi connectivity index (χ1v) is 21.6. The van der Waals surface area contributed by atoms with Gasteiger partial charge in [0.15, 0.2) is 17.5 Å². The maximum atomic E-state index is 6.66. The molecule has 0 saturated heterocycles. The minimum absolute atomic E-state index is 0.581. The van der Waals surface area contributed by atoms with Crippen molar-refractivity contribution in [1.29, 1.82) is 0 Å². The van der Waals surface area contributed by atoms with Gasteiger partial charge >= 0.3 is 0 Å². The third-order valence-corrected chi connectivity index (χ3v) is 12.6. The van der Waals surface area contributed by atoms with Crippen molar-refractivity contribution in [3.05, 3.63) is 218 Å². The van der Waals surface area contributed by atoms with E-state index in [-0.39, 0.29) is 0 Å². The number of hydrogen-bond acceptors (Lipinski definition) is 4. The molecule has 0 unspecified atom stereocenters. The number of nitrogens with zero attached hydrogens (tertiary/aromatic N) is 4. The standard InChI is InChI=1S/C59H36N4O/c1-4-15-37(16-5-1)38-27-29-42(30-28-38)58-60-57(41-20-8-3-9-21-41)61-59(62-58)47-25-14-26-53-54(47)49-35-43(32-34-52(49)64-53)63-50-33-31-40-19-10-11-22-44(40)55(50)56-46-24-13-12-23-45(46)48(36-51(56)63)39-17-6-2-7-18-39/h1-36H. The molecule has 0 aliphatic heterocycles. The van der Waals surface area contributed by atoms with Crippen molar-refractivity contribution in [2.45, 2.75) is 0 Å². The summed E-state index contributed by atoms with van der Waals surface area (Å²) in [5.74, 6) is 1.79. The molecule has 0 atom stereocenters. The van der Waals surface area contributed by atoms with E-state index in [1.54, 1.807) is 0 Å². The first-order valence-electron chi connectivity index (χ1n) is 21.6. The average molecular weight is 817 g/mol. The van der Waals surface area contributed by atoms with Crippen LogP contribution in [0.1, 0.15) is 0 Å². The fourth-order valence-electron chi connectivity index (χ4n) is 9.70. The molecule has 0 bridgehead atoms. The Morgan fingerprint density at radius 1 is 0.312 bits per heavy atom. The van der Waals surface area contributed by atoms with E-state index < -0.39 is 0 Å². The summed E-state index contributed by atoms with van der Waals surface area (Å²) in [6.45, 7) is 0. The molecule has 13 aromatic rings. The van der Waals surface area contributed by atoms with Crippen LogP contribution in [-0.2, 0) is 0 Å². The summed E-state index contributed by atoms with van der Waals surface area (Å²) in [7, 11) is 0. The molecule has 0 radical (unpaired) electrons. The van der Waals surface area contributed by atoms with E-state index in [9.17, 15) is 0 Å². The maximum absolute atomic E-state index is 6.66. The van der Waals surface area contributed by atoms with Gasteiger partial charge in [0.1, 0.15) is 11.2 Å². The van der Waals surface area contributed by atoms with Gasteiger partial charge in [-0.15, -0.1) is 0 Å². The van der Waals surface area contributed by atoms with Crippen molar-refractivity contribution >= 4 is 65.3 Å². The lowest BCUT2D eigenvalue weighted by Crippen LogP contribution is -2.00. The second-order valence-electron chi connectivity index (χ2n) is 16.3. The zero-order chi connectivity index (χ0) is 42.1. The highest BCUT2D eigenvalue weighted by Crippen LogP contribution is 2.45. The zero-order valence-corrected chi connectivity index (χ0v) is 34.5. The van der Waals surface area contributed by atoms with Gasteiger partial charge < -0.3 is 8.98 Å². The van der Waals surface area contributed by atoms with Crippen molar-refractivity contribution < 1.29 is 4.42 Å². The van der Waals surface area contributed by atoms with E-state index in [0.717, 1.165) is 66.5 Å². The SMILES string of the molecule is c1ccc(-c2ccc(-c3nc(-c4ccccc4)nc(-c4cccc5oc6ccc(-n7c8ccc9ccccc9c8c8c9ccccc9c(-c9ccccc9)cc87)cc6c45)n3)cc2)cc1. The van der Waals surface area contributed by atoms with Crippen LogP contribution in [0.5, 0.6) is 0 Å². The van der Waals surface area contributed by atoms with Gasteiger partial charge in [0, 0.05) is 43.9 Å². The van der Waals surface area contributed by atoms with Crippen LogP contribution >= 0.6 is 0 Å². The molecule has 0 saturated carbocycles. The van der Waals surface area contributed by atoms with Crippen molar-refractivity contribution in [3.63, 3.8) is 0 Å². The Hall–Kier alpha value is -8.67. The monoisotopic (exact) mass is 816 g/mol. The molecule has 5 nitrogen and oxygen atoms in total. The Kier molecular flexibility index (Phi) is 8.15. The van der Waals surface area contributed by atoms with E-state index >= 15 is 0 Å². The highest BCUT2D eigenvalue weighted by Gasteiger charge is 2.22. The van der Waals surface area contributed by atoms with Crippen molar-refractivity contribution in [2.75, 3.05) is 0 Å². The molecule has 0 spiro atoms. The van der Waals surface area contributed by atoms with E-state index in [1.807, 2.05) is 48.5 Å². The average Bonchev–Trinajstić information content (AvgIpc) is 3.93. The summed E-state index contributed by atoms with van der Waals surface area (Å²) in [6.07, 6.45) is 0. The molecule has 0 aliphatic rings. The molecule has 298 valence electrons. The van der Waals surface area contributed by atoms with Gasteiger partial charge in [0.2, 0.25) is 0 Å². The van der Waals surface area contributed by atoms with Crippen molar-refractivity contribution in [3.8, 4) is 62.1 Å². The van der Waals surface area contributed by atoms with Gasteiger partial charge in [0.05, 0.1) is 11.0 Å². The van der Waals surface area contributed by atoms with Gasteiger partial charge in [-0.2, -0.15) is 0 Å². The molecular formula is C59H36N4O. The summed E-state index contributed by atoms with van der Waals surface area (Å²) < 4.78 is 9.09. The largest absolute Gasteiger partial charge is 0.456 e. The predicted molar refractivity (Wildman–Crippen MR) is 264 cm³/mol. The Morgan fingerprint density at radius 3 is 1.64 bits per heavy atom. The van der Waals surface area contributed by atoms with Gasteiger partial charge in [-0.3, -0.25) is 0 Å². The quantitative estimate of drug-likeness (QED) is 0.168. The molecule has 64 heavy (non-hydrogen) atoms. The van der Waals surface area contributed by atoms with Crippen LogP contribution in [0.25, 0.3) is 127 Å². The van der Waals surface area contributed by atoms with Gasteiger partial charge in [-0.1, -0.05) is 182 Å². The van der Waals surface area contributed by atoms with E-state index in [0.29, 0.717) is 17.5 Å². The summed E-state index contributed by atoms with van der Waals surface area (Å²) in [4.78, 5) is 15.5. The first kappa shape index (κ1) is 36.0. The molecule has 13 rings (SSSR count). The zero-order valence-electron chi connectivity index (χ0n) is 34.5. The minimum atomic E-state index is 0.581. The number of benzene rings is 10. The summed E-state index contributed by atoms with van der Waals surface area (Å²) in [6, 6.07) is 76.9. The molecule has 3 heterocycles. The second-order valence-corrected chi connectivity index (χ2v) is 16.3. The van der Waals surface area contributed by atoms with Crippen LogP contribution in [0.3, 0.4) is 0 Å². The Morgan fingerprint density at radius 2 is 0.891 bits per heavy atom. The molecule has 0 aliphatic carbocycles. The lowest BCUT2D eigenvalue weighted by Gasteiger charge is -2.12. The smallest absolute Gasteiger partial charge is 0.164 e. The van der Waals surface area contributed by atoms with Crippen LogP contribution < -0.4 is 0 Å². The molecule has 3 aromatic heterocycles. The second kappa shape index (κ2) is 14.5. The number of hydrogen-bond donors (Lipinski definition) is 0. The van der Waals surface area contributed by atoms with Crippen LogP contribution in [0.15, 0.2) is 223 Å². The van der Waals surface area contributed by atoms with Gasteiger partial charge in [0.25, 0.3) is 0 Å². The Balaban J connectivity index is 1.05. The fraction of sp³-hybridized carbons (Fsp3) is 0. The lowest BCUT2D eigenvalue weighted by atomic mass is 9.94. The van der Waals surface area contributed by atoms with Crippen molar-refractivity contribution in [1.82, 2.24) is 19.5 Å². The van der Waals surface area contributed by atoms with E-state index in [2.05, 4.69) is 174 Å². The first-order chi connectivity index (χ1) is 31.7. The third kappa shape index (κ3) is 5.75. The highest BCUT2D eigenvalue weighted by molar-refractivity contribution is 6.30. The molecule has 5 heteroatoms. The molecule has 0 N–H and O–H groups in total. The molecule has 0 fully saturated rings. The molecular weight excluding hydrogens is 781 g/mol. The Labute approximate surface area is 368 Å². The third-order valence-electron chi connectivity index (χ3n) is 12.6. The van der Waals surface area contributed by atoms with Crippen molar-refractivity contribution in [2.24, 2.45) is 0 Å². The highest BCUT2D eigenvalue weighted by atomic mass is 16.3. The predicted octanol–water partition coefficient (Wildman–Crippen LogP) is 15.5. The number of rotatable bonds is 6. The minimum Gasteiger partial charge on any atom is -0.456 e. The summed E-state index contributed by atoms with van der Waals surface area (Å²) >= 11 is 0. The normalized spacial score (nSPS) is 11.8. The Bertz CT molecular complexity index is 3930. The molecule has 10 aromatic carbocycles. The number of furan rings is 1. The maximum Gasteiger partial charge on any atom is 0.164 e. The summed E-state index contributed by atoms with van der Waals surface area (Å²) in [5.41, 5.74) is 12.3. The fourth-order valence-corrected chi connectivity index (χ4v) is 9.70. The van der Waals surface area contributed by atoms with Crippen LogP contribution in [0.4, 0.5) is 0 Å². The number of fused-ring (bicyclic) bond motifs is 10. The van der Waals surface area contributed by atoms with Gasteiger partial charge in [-0.05, 0) is 80.2 Å². The van der Waals surface area contributed by atoms with Gasteiger partial charge in [-0.25, -0.2) is 15.0 Å². The van der Waals surface area contributed by atoms with Crippen LogP contribution in [0.2, 0.25) is 0 Å². The topological polar surface area (TPSA) is 56.7 Å². The van der Waals surface area contributed by atoms with Crippen LogP contribution in [0, 0.1) is 0 Å². The van der Waals surface area contributed by atoms with E-state index in [4.69, 9.17) is 19.4 Å².